The number of anilines is 1. The minimum atomic E-state index is 0.208. The Bertz CT molecular complexity index is 334. The Morgan fingerprint density at radius 3 is 2.54 bits per heavy atom. The van der Waals surface area contributed by atoms with E-state index in [1.165, 1.54) is 0 Å². The van der Waals surface area contributed by atoms with Crippen molar-refractivity contribution in [3.8, 4) is 0 Å². The van der Waals surface area contributed by atoms with Crippen LogP contribution in [0.4, 0.5) is 5.69 Å². The zero-order chi connectivity index (χ0) is 9.26. The molecule has 1 aromatic carbocycles. The number of para-hydroxylation sites is 1. The van der Waals surface area contributed by atoms with E-state index in [2.05, 4.69) is 15.6 Å². The molecule has 2 rings (SSSR count). The van der Waals surface area contributed by atoms with Crippen molar-refractivity contribution in [2.24, 2.45) is 0 Å². The van der Waals surface area contributed by atoms with Gasteiger partial charge in [-0.25, -0.2) is 0 Å². The Hall–Kier alpha value is -0.401. The molecule has 1 aliphatic rings. The van der Waals surface area contributed by atoms with Gasteiger partial charge in [0.25, 0.3) is 0 Å². The standard InChI is InChI=1S/C9H7NOSe2/c11-8-6-13-9(12)10(8)7-4-2-1-3-5-7/h1-5H,6H2. The summed E-state index contributed by atoms with van der Waals surface area (Å²) in [5.41, 5.74) is 0.973. The van der Waals surface area contributed by atoms with Gasteiger partial charge < -0.3 is 0 Å². The van der Waals surface area contributed by atoms with Crippen LogP contribution in [0.25, 0.3) is 0 Å². The van der Waals surface area contributed by atoms with E-state index in [1.807, 2.05) is 30.3 Å². The molecule has 0 unspecified atom stereocenters. The van der Waals surface area contributed by atoms with E-state index in [9.17, 15) is 4.79 Å². The van der Waals surface area contributed by atoms with Gasteiger partial charge in [-0.2, -0.15) is 0 Å². The summed E-state index contributed by atoms with van der Waals surface area (Å²) < 4.78 is 1.09. The second-order valence-corrected chi connectivity index (χ2v) is 6.76. The summed E-state index contributed by atoms with van der Waals surface area (Å²) >= 11 is 3.28. The van der Waals surface area contributed by atoms with Crippen LogP contribution in [0.3, 0.4) is 0 Å². The van der Waals surface area contributed by atoms with Crippen LogP contribution in [0.2, 0.25) is 5.32 Å². The summed E-state index contributed by atoms with van der Waals surface area (Å²) in [5, 5.41) is 0.685. The van der Waals surface area contributed by atoms with Crippen LogP contribution >= 0.6 is 0 Å². The molecule has 1 aromatic rings. The van der Waals surface area contributed by atoms with Gasteiger partial charge in [0.15, 0.2) is 0 Å². The first-order valence-electron chi connectivity index (χ1n) is 3.84. The summed E-state index contributed by atoms with van der Waals surface area (Å²) in [6, 6.07) is 9.75. The monoisotopic (exact) mass is 305 g/mol. The molecule has 0 atom stereocenters. The maximum absolute atomic E-state index is 11.5. The second-order valence-electron chi connectivity index (χ2n) is 2.62. The summed E-state index contributed by atoms with van der Waals surface area (Å²) in [4.78, 5) is 13.3. The van der Waals surface area contributed by atoms with Gasteiger partial charge in [-0.1, -0.05) is 0 Å². The topological polar surface area (TPSA) is 20.3 Å². The molecule has 2 nitrogen and oxygen atoms in total. The number of benzene rings is 1. The molecule has 0 N–H and O–H groups in total. The molecule has 0 radical (unpaired) electrons. The number of hydrogen-bond donors (Lipinski definition) is 0. The molecule has 1 fully saturated rings. The molecule has 1 amide bonds. The van der Waals surface area contributed by atoms with Crippen LogP contribution in [-0.4, -0.2) is 39.9 Å². The Kier molecular flexibility index (Phi) is 2.66. The Morgan fingerprint density at radius 2 is 2.00 bits per heavy atom. The Labute approximate surface area is 90.8 Å². The van der Waals surface area contributed by atoms with Gasteiger partial charge in [-0.05, 0) is 0 Å². The molecule has 1 heterocycles. The number of rotatable bonds is 1. The minimum absolute atomic E-state index is 0.208. The Morgan fingerprint density at radius 1 is 1.31 bits per heavy atom. The van der Waals surface area contributed by atoms with Gasteiger partial charge in [-0.15, -0.1) is 0 Å². The van der Waals surface area contributed by atoms with Crippen LogP contribution in [0.5, 0.6) is 0 Å². The summed E-state index contributed by atoms with van der Waals surface area (Å²) in [6.45, 7) is 0. The number of amides is 1. The van der Waals surface area contributed by atoms with Crippen LogP contribution in [0, 0.1) is 0 Å². The van der Waals surface area contributed by atoms with E-state index < -0.39 is 0 Å². The SMILES string of the molecule is O=C1C[Se]C(=[Se])N1c1ccccc1. The average Bonchev–Trinajstić information content (AvgIpc) is 2.48. The first kappa shape index (κ1) is 9.17. The maximum atomic E-state index is 11.5. The first-order chi connectivity index (χ1) is 6.29. The van der Waals surface area contributed by atoms with Gasteiger partial charge in [0.05, 0.1) is 0 Å². The second kappa shape index (κ2) is 3.77. The van der Waals surface area contributed by atoms with Crippen molar-refractivity contribution in [2.45, 2.75) is 5.32 Å². The molecule has 13 heavy (non-hydrogen) atoms. The Balaban J connectivity index is 2.36. The van der Waals surface area contributed by atoms with E-state index in [4.69, 9.17) is 0 Å². The van der Waals surface area contributed by atoms with Crippen LogP contribution in [0.15, 0.2) is 30.3 Å². The number of carbonyl (C=O) groups is 1. The van der Waals surface area contributed by atoms with Crippen molar-refractivity contribution < 1.29 is 4.79 Å². The summed E-state index contributed by atoms with van der Waals surface area (Å²) in [5.74, 6) is 0.208. The first-order valence-corrected chi connectivity index (χ1v) is 6.76. The van der Waals surface area contributed by atoms with E-state index in [1.54, 1.807) is 4.90 Å². The molecule has 0 saturated carbocycles. The van der Waals surface area contributed by atoms with Crippen LogP contribution in [0.1, 0.15) is 0 Å². The van der Waals surface area contributed by atoms with E-state index in [0.29, 0.717) is 20.3 Å². The van der Waals surface area contributed by atoms with Crippen molar-refractivity contribution in [1.29, 1.82) is 0 Å². The van der Waals surface area contributed by atoms with Crippen LogP contribution < -0.4 is 4.90 Å². The molecule has 0 aromatic heterocycles. The van der Waals surface area contributed by atoms with Gasteiger partial charge in [0.1, 0.15) is 0 Å². The molecule has 4 heteroatoms. The normalized spacial score (nSPS) is 16.8. The van der Waals surface area contributed by atoms with Crippen molar-refractivity contribution in [3.05, 3.63) is 30.3 Å². The van der Waals surface area contributed by atoms with Gasteiger partial charge in [-0.3, -0.25) is 0 Å². The number of hydrogen-bond acceptors (Lipinski definition) is 1. The van der Waals surface area contributed by atoms with E-state index >= 15 is 0 Å². The molecule has 1 aliphatic heterocycles. The average molecular weight is 303 g/mol. The third-order valence-corrected chi connectivity index (χ3v) is 5.16. The van der Waals surface area contributed by atoms with E-state index in [0.717, 1.165) is 9.13 Å². The van der Waals surface area contributed by atoms with Crippen molar-refractivity contribution in [2.75, 3.05) is 4.90 Å². The van der Waals surface area contributed by atoms with Gasteiger partial charge in [0.2, 0.25) is 0 Å². The predicted molar refractivity (Wildman–Crippen MR) is 55.3 cm³/mol. The summed E-state index contributed by atoms with van der Waals surface area (Å²) in [6.07, 6.45) is 0. The van der Waals surface area contributed by atoms with Crippen LogP contribution in [-0.2, 0) is 4.79 Å². The fourth-order valence-corrected chi connectivity index (χ4v) is 3.75. The molecular weight excluding hydrogens is 296 g/mol. The zero-order valence-corrected chi connectivity index (χ0v) is 10.2. The van der Waals surface area contributed by atoms with Gasteiger partial charge >= 0.3 is 90.9 Å². The van der Waals surface area contributed by atoms with Crippen molar-refractivity contribution in [3.63, 3.8) is 0 Å². The predicted octanol–water partition coefficient (Wildman–Crippen LogP) is 0.412. The molecule has 0 bridgehead atoms. The molecule has 66 valence electrons. The fraction of sp³-hybridized carbons (Fsp3) is 0.111. The number of nitrogens with zero attached hydrogens (tertiary/aromatic N) is 1. The molecule has 0 spiro atoms. The molecule has 1 saturated heterocycles. The number of carbonyl (C=O) groups excluding carboxylic acids is 1. The third kappa shape index (κ3) is 1.77. The fourth-order valence-electron chi connectivity index (χ4n) is 1.18. The van der Waals surface area contributed by atoms with Crippen molar-refractivity contribution >= 4 is 45.6 Å². The third-order valence-electron chi connectivity index (χ3n) is 1.77. The zero-order valence-electron chi connectivity index (χ0n) is 6.77. The summed E-state index contributed by atoms with van der Waals surface area (Å²) in [7, 11) is 0. The molecular formula is C9H7NOSe2. The van der Waals surface area contributed by atoms with E-state index in [-0.39, 0.29) is 5.91 Å². The van der Waals surface area contributed by atoms with Crippen molar-refractivity contribution in [1.82, 2.24) is 0 Å². The molecule has 0 aliphatic carbocycles. The van der Waals surface area contributed by atoms with Gasteiger partial charge in [0, 0.05) is 0 Å². The quantitative estimate of drug-likeness (QED) is 0.688.